The predicted octanol–water partition coefficient (Wildman–Crippen LogP) is 0.883. The maximum atomic E-state index is 4.35. The molecule has 0 bridgehead atoms. The number of allylic oxidation sites excluding steroid dienone is 1. The van der Waals surface area contributed by atoms with Crippen LogP contribution < -0.4 is 0 Å². The molecule has 0 spiro atoms. The van der Waals surface area contributed by atoms with Crippen molar-refractivity contribution in [1.29, 1.82) is 0 Å². The molecule has 0 N–H and O–H groups in total. The van der Waals surface area contributed by atoms with E-state index in [4.69, 9.17) is 0 Å². The lowest BCUT2D eigenvalue weighted by Crippen LogP contribution is -1.58. The first kappa shape index (κ1) is 3.98. The van der Waals surface area contributed by atoms with E-state index in [2.05, 4.69) is 20.4 Å². The molecule has 0 atom stereocenters. The maximum Gasteiger partial charge on any atom is 0.125 e. The molecule has 0 aromatic carbocycles. The molecule has 1 rings (SSSR count). The first-order valence-corrected chi connectivity index (χ1v) is 1.74. The fraction of sp³-hybridized carbons (Fsp3) is 0. The Morgan fingerprint density at radius 1 is 1.43 bits per heavy atom. The molecule has 7 heavy (non-hydrogen) atoms. The van der Waals surface area contributed by atoms with Crippen LogP contribution in [-0.4, -0.2) is 6.21 Å². The van der Waals surface area contributed by atoms with E-state index in [9.17, 15) is 0 Å². The zero-order valence-corrected chi connectivity index (χ0v) is 3.48. The molecule has 1 aliphatic heterocycles. The molecule has 1 heterocycles. The monoisotopic (exact) mass is 97.0 g/mol. The third-order valence-electron chi connectivity index (χ3n) is 0.427. The largest absolute Gasteiger partial charge is 0.346 e. The van der Waals surface area contributed by atoms with Crippen LogP contribution in [0.3, 0.4) is 0 Å². The van der Waals surface area contributed by atoms with E-state index in [1.807, 2.05) is 0 Å². The van der Waals surface area contributed by atoms with Gasteiger partial charge in [-0.25, -0.2) is 0 Å². The smallest absolute Gasteiger partial charge is 0.125 e. The fourth-order valence-corrected chi connectivity index (χ4v) is 0.208. The summed E-state index contributed by atoms with van der Waals surface area (Å²) >= 11 is 0. The van der Waals surface area contributed by atoms with E-state index < -0.39 is 0 Å². The topological polar surface area (TPSA) is 46.3 Å². The van der Waals surface area contributed by atoms with Gasteiger partial charge in [0, 0.05) is 0 Å². The molecule has 0 aromatic rings. The summed E-state index contributed by atoms with van der Waals surface area (Å²) in [4.78, 5) is 4.35. The molecular formula is C3H3N3O. The molecule has 4 heteroatoms. The second-order valence-corrected chi connectivity index (χ2v) is 0.870. The molecule has 0 saturated carbocycles. The van der Waals surface area contributed by atoms with Gasteiger partial charge < -0.3 is 4.84 Å². The highest BCUT2D eigenvalue weighted by atomic mass is 16.6. The Balaban J connectivity index is 2.60. The lowest BCUT2D eigenvalue weighted by molar-refractivity contribution is 0.239. The Hall–Kier alpha value is -1.19. The van der Waals surface area contributed by atoms with Crippen LogP contribution in [0.4, 0.5) is 0 Å². The van der Waals surface area contributed by atoms with Crippen molar-refractivity contribution in [2.45, 2.75) is 0 Å². The van der Waals surface area contributed by atoms with E-state index in [0.717, 1.165) is 0 Å². The lowest BCUT2D eigenvalue weighted by atomic mass is 10.7. The molecule has 0 aliphatic carbocycles. The van der Waals surface area contributed by atoms with Gasteiger partial charge in [-0.1, -0.05) is 0 Å². The minimum atomic E-state index is 1.39. The van der Waals surface area contributed by atoms with E-state index in [1.165, 1.54) is 12.5 Å². The third kappa shape index (κ3) is 1.13. The highest BCUT2D eigenvalue weighted by molar-refractivity contribution is 5.70. The van der Waals surface area contributed by atoms with Gasteiger partial charge in [0.05, 0.1) is 11.5 Å². The first-order chi connectivity index (χ1) is 3.50. The number of nitrogens with zero attached hydrogens (tertiary/aromatic N) is 3. The highest BCUT2D eigenvalue weighted by Crippen LogP contribution is 1.85. The summed E-state index contributed by atoms with van der Waals surface area (Å²) in [5.41, 5.74) is 0. The Morgan fingerprint density at radius 2 is 2.43 bits per heavy atom. The van der Waals surface area contributed by atoms with Crippen LogP contribution in [0.2, 0.25) is 0 Å². The van der Waals surface area contributed by atoms with Gasteiger partial charge in [0.15, 0.2) is 0 Å². The molecule has 4 nitrogen and oxygen atoms in total. The molecule has 1 aliphatic rings. The average Bonchev–Trinajstić information content (AvgIpc) is 1.90. The van der Waals surface area contributed by atoms with Crippen molar-refractivity contribution in [3.63, 3.8) is 0 Å². The van der Waals surface area contributed by atoms with Gasteiger partial charge in [-0.2, -0.15) is 0 Å². The van der Waals surface area contributed by atoms with Gasteiger partial charge in [-0.05, 0) is 11.3 Å². The summed E-state index contributed by atoms with van der Waals surface area (Å²) in [6.07, 6.45) is 4.47. The first-order valence-electron chi connectivity index (χ1n) is 1.74. The summed E-state index contributed by atoms with van der Waals surface area (Å²) in [6.45, 7) is 0. The highest BCUT2D eigenvalue weighted by Gasteiger charge is 1.72. The van der Waals surface area contributed by atoms with Crippen molar-refractivity contribution >= 4 is 6.21 Å². The fourth-order valence-electron chi connectivity index (χ4n) is 0.208. The van der Waals surface area contributed by atoms with Gasteiger partial charge in [0.25, 0.3) is 0 Å². The van der Waals surface area contributed by atoms with Gasteiger partial charge in [0.2, 0.25) is 0 Å². The average molecular weight is 97.1 g/mol. The summed E-state index contributed by atoms with van der Waals surface area (Å²) in [5.74, 6) is 0. The molecular weight excluding hydrogens is 94.1 g/mol. The summed E-state index contributed by atoms with van der Waals surface area (Å²) in [6, 6.07) is 0. The van der Waals surface area contributed by atoms with E-state index in [-0.39, 0.29) is 0 Å². The molecule has 0 fully saturated rings. The second-order valence-electron chi connectivity index (χ2n) is 0.870. The Morgan fingerprint density at radius 3 is 3.43 bits per heavy atom. The molecule has 36 valence electrons. The van der Waals surface area contributed by atoms with Crippen molar-refractivity contribution in [1.82, 2.24) is 0 Å². The van der Waals surface area contributed by atoms with Crippen LogP contribution in [0.25, 0.3) is 0 Å². The van der Waals surface area contributed by atoms with Gasteiger partial charge in [-0.3, -0.25) is 0 Å². The van der Waals surface area contributed by atoms with E-state index >= 15 is 0 Å². The predicted molar refractivity (Wildman–Crippen MR) is 23.6 cm³/mol. The Labute approximate surface area is 40.2 Å². The van der Waals surface area contributed by atoms with Crippen LogP contribution in [-0.2, 0) is 4.84 Å². The summed E-state index contributed by atoms with van der Waals surface area (Å²) in [7, 11) is 0. The quantitative estimate of drug-likeness (QED) is 0.442. The summed E-state index contributed by atoms with van der Waals surface area (Å²) < 4.78 is 0. The molecule has 0 radical (unpaired) electrons. The number of hydrogen-bond acceptors (Lipinski definition) is 4. The maximum absolute atomic E-state index is 4.35. The minimum absolute atomic E-state index is 1.39. The number of hydrogen-bond donors (Lipinski definition) is 0. The van der Waals surface area contributed by atoms with E-state index in [0.29, 0.717) is 0 Å². The van der Waals surface area contributed by atoms with Crippen molar-refractivity contribution in [2.75, 3.05) is 0 Å². The van der Waals surface area contributed by atoms with Crippen LogP contribution in [0.5, 0.6) is 0 Å². The standard InChI is InChI=1S/C3H3N3O/c1-2-4-5-6-7-3-1/h1-3H. The van der Waals surface area contributed by atoms with E-state index in [1.54, 1.807) is 6.08 Å². The molecule has 0 unspecified atom stereocenters. The summed E-state index contributed by atoms with van der Waals surface area (Å²) in [5, 5.41) is 9.68. The second kappa shape index (κ2) is 2.07. The molecule has 0 saturated heterocycles. The van der Waals surface area contributed by atoms with Crippen molar-refractivity contribution in [3.8, 4) is 0 Å². The van der Waals surface area contributed by atoms with Crippen LogP contribution in [0.1, 0.15) is 0 Å². The van der Waals surface area contributed by atoms with Gasteiger partial charge >= 0.3 is 0 Å². The number of rotatable bonds is 0. The Bertz CT molecular complexity index is 112. The minimum Gasteiger partial charge on any atom is -0.346 e. The zero-order valence-electron chi connectivity index (χ0n) is 3.48. The normalized spacial score (nSPS) is 16.0. The molecule has 0 aromatic heterocycles. The Kier molecular flexibility index (Phi) is 1.18. The van der Waals surface area contributed by atoms with Crippen LogP contribution >= 0.6 is 0 Å². The lowest BCUT2D eigenvalue weighted by Gasteiger charge is -1.73. The molecule has 0 amide bonds. The van der Waals surface area contributed by atoms with Crippen molar-refractivity contribution in [2.24, 2.45) is 15.6 Å². The van der Waals surface area contributed by atoms with Crippen molar-refractivity contribution < 1.29 is 4.84 Å². The van der Waals surface area contributed by atoms with Gasteiger partial charge in [0.1, 0.15) is 6.26 Å². The van der Waals surface area contributed by atoms with Crippen LogP contribution in [0, 0.1) is 0 Å². The van der Waals surface area contributed by atoms with Crippen LogP contribution in [0.15, 0.2) is 27.9 Å². The third-order valence-corrected chi connectivity index (χ3v) is 0.427. The van der Waals surface area contributed by atoms with Crippen molar-refractivity contribution in [3.05, 3.63) is 12.3 Å². The zero-order chi connectivity index (χ0) is 4.95. The van der Waals surface area contributed by atoms with Gasteiger partial charge in [-0.15, -0.1) is 5.10 Å². The SMILES string of the molecule is C1=CON=NN=C1.